The third kappa shape index (κ3) is 4.75. The predicted octanol–water partition coefficient (Wildman–Crippen LogP) is 3.02. The van der Waals surface area contributed by atoms with Crippen LogP contribution in [0.1, 0.15) is 18.1 Å². The molecule has 1 atom stereocenters. The summed E-state index contributed by atoms with van der Waals surface area (Å²) in [7, 11) is 0. The summed E-state index contributed by atoms with van der Waals surface area (Å²) in [6.07, 6.45) is -1.02. The number of hydrogen-bond donors (Lipinski definition) is 1. The average Bonchev–Trinajstić information content (AvgIpc) is 2.64. The molecular formula is C20H20FNO5. The van der Waals surface area contributed by atoms with E-state index in [0.717, 1.165) is 0 Å². The van der Waals surface area contributed by atoms with Crippen LogP contribution in [0.25, 0.3) is 0 Å². The summed E-state index contributed by atoms with van der Waals surface area (Å²) in [5, 5.41) is 2.53. The molecular weight excluding hydrogens is 353 g/mol. The molecule has 7 heteroatoms. The molecule has 0 unspecified atom stereocenters. The second-order valence-electron chi connectivity index (χ2n) is 6.24. The molecule has 0 fully saturated rings. The predicted molar refractivity (Wildman–Crippen MR) is 96.5 cm³/mol. The van der Waals surface area contributed by atoms with Gasteiger partial charge < -0.3 is 19.5 Å². The summed E-state index contributed by atoms with van der Waals surface area (Å²) in [5.41, 5.74) is 1.47. The van der Waals surface area contributed by atoms with E-state index in [9.17, 15) is 14.0 Å². The maximum absolute atomic E-state index is 13.5. The molecule has 0 bridgehead atoms. The Balaban J connectivity index is 1.55. The van der Waals surface area contributed by atoms with E-state index in [1.165, 1.54) is 13.0 Å². The fraction of sp³-hybridized carbons (Fsp3) is 0.300. The molecule has 1 heterocycles. The molecule has 2 aromatic carbocycles. The third-order valence-electron chi connectivity index (χ3n) is 4.07. The fourth-order valence-electron chi connectivity index (χ4n) is 2.57. The van der Waals surface area contributed by atoms with Crippen molar-refractivity contribution >= 4 is 17.6 Å². The van der Waals surface area contributed by atoms with Gasteiger partial charge in [-0.25, -0.2) is 4.39 Å². The molecule has 1 N–H and O–H groups in total. The number of ether oxygens (including phenoxy) is 3. The van der Waals surface area contributed by atoms with Crippen molar-refractivity contribution in [1.29, 1.82) is 0 Å². The Labute approximate surface area is 156 Å². The summed E-state index contributed by atoms with van der Waals surface area (Å²) in [4.78, 5) is 24.3. The van der Waals surface area contributed by atoms with E-state index in [0.29, 0.717) is 41.5 Å². The molecule has 27 heavy (non-hydrogen) atoms. The van der Waals surface area contributed by atoms with E-state index >= 15 is 0 Å². The first-order valence-corrected chi connectivity index (χ1v) is 8.57. The van der Waals surface area contributed by atoms with Crippen LogP contribution in [0.5, 0.6) is 11.5 Å². The Kier molecular flexibility index (Phi) is 5.59. The van der Waals surface area contributed by atoms with Crippen LogP contribution in [0.15, 0.2) is 36.4 Å². The van der Waals surface area contributed by atoms with Crippen molar-refractivity contribution in [3.63, 3.8) is 0 Å². The van der Waals surface area contributed by atoms with E-state index in [1.807, 2.05) is 0 Å². The van der Waals surface area contributed by atoms with Crippen LogP contribution in [0, 0.1) is 12.7 Å². The highest BCUT2D eigenvalue weighted by Gasteiger charge is 2.19. The fourth-order valence-corrected chi connectivity index (χ4v) is 2.57. The SMILES string of the molecule is Cc1ccc(NC(=O)[C@@H](C)OC(=O)Cc2ccc3c(c2)OCCO3)cc1F. The zero-order chi connectivity index (χ0) is 19.4. The molecule has 3 rings (SSSR count). The highest BCUT2D eigenvalue weighted by molar-refractivity contribution is 5.95. The van der Waals surface area contributed by atoms with Crippen molar-refractivity contribution in [3.8, 4) is 11.5 Å². The first-order valence-electron chi connectivity index (χ1n) is 8.57. The van der Waals surface area contributed by atoms with Gasteiger partial charge in [-0.2, -0.15) is 0 Å². The Hall–Kier alpha value is -3.09. The lowest BCUT2D eigenvalue weighted by Gasteiger charge is -2.19. The van der Waals surface area contributed by atoms with Gasteiger partial charge in [0.2, 0.25) is 0 Å². The molecule has 1 aliphatic heterocycles. The maximum atomic E-state index is 13.5. The van der Waals surface area contributed by atoms with Crippen LogP contribution >= 0.6 is 0 Å². The summed E-state index contributed by atoms with van der Waals surface area (Å²) in [5.74, 6) is -0.288. The van der Waals surface area contributed by atoms with Crippen molar-refractivity contribution in [3.05, 3.63) is 53.3 Å². The van der Waals surface area contributed by atoms with Crippen LogP contribution in [0.2, 0.25) is 0 Å². The molecule has 1 amide bonds. The van der Waals surface area contributed by atoms with Crippen LogP contribution in [-0.4, -0.2) is 31.2 Å². The number of anilines is 1. The Bertz CT molecular complexity index is 867. The molecule has 0 saturated heterocycles. The highest BCUT2D eigenvalue weighted by atomic mass is 19.1. The standard InChI is InChI=1S/C20H20FNO5/c1-12-3-5-15(11-16(12)21)22-20(24)13(2)27-19(23)10-14-4-6-17-18(9-14)26-8-7-25-17/h3-6,9,11,13H,7-8,10H2,1-2H3,(H,22,24)/t13-/m1/s1. The Morgan fingerprint density at radius 3 is 2.63 bits per heavy atom. The lowest BCUT2D eigenvalue weighted by molar-refractivity contribution is -0.152. The normalized spacial score (nSPS) is 13.6. The van der Waals surface area contributed by atoms with Gasteiger partial charge in [0.25, 0.3) is 5.91 Å². The summed E-state index contributed by atoms with van der Waals surface area (Å²) >= 11 is 0. The maximum Gasteiger partial charge on any atom is 0.311 e. The number of amides is 1. The molecule has 1 aliphatic rings. The summed E-state index contributed by atoms with van der Waals surface area (Å²) in [6.45, 7) is 4.04. The smallest absolute Gasteiger partial charge is 0.311 e. The summed E-state index contributed by atoms with van der Waals surface area (Å²) < 4.78 is 29.6. The Morgan fingerprint density at radius 1 is 1.15 bits per heavy atom. The minimum absolute atomic E-state index is 0.00653. The van der Waals surface area contributed by atoms with Crippen LogP contribution in [-0.2, 0) is 20.7 Å². The molecule has 0 aliphatic carbocycles. The first kappa shape index (κ1) is 18.7. The number of esters is 1. The van der Waals surface area contributed by atoms with Gasteiger partial charge in [0.05, 0.1) is 6.42 Å². The second-order valence-corrected chi connectivity index (χ2v) is 6.24. The minimum atomic E-state index is -1.01. The quantitative estimate of drug-likeness (QED) is 0.816. The largest absolute Gasteiger partial charge is 0.486 e. The molecule has 6 nitrogen and oxygen atoms in total. The lowest BCUT2D eigenvalue weighted by Crippen LogP contribution is -2.30. The molecule has 0 saturated carbocycles. The van der Waals surface area contributed by atoms with Gasteiger partial charge in [-0.1, -0.05) is 12.1 Å². The number of aryl methyl sites for hydroxylation is 1. The number of halogens is 1. The van der Waals surface area contributed by atoms with E-state index in [-0.39, 0.29) is 6.42 Å². The van der Waals surface area contributed by atoms with Crippen LogP contribution < -0.4 is 14.8 Å². The van der Waals surface area contributed by atoms with Gasteiger partial charge in [-0.3, -0.25) is 9.59 Å². The van der Waals surface area contributed by atoms with Crippen molar-refractivity contribution in [2.45, 2.75) is 26.4 Å². The van der Waals surface area contributed by atoms with Crippen LogP contribution in [0.3, 0.4) is 0 Å². The number of rotatable bonds is 5. The molecule has 142 valence electrons. The molecule has 0 radical (unpaired) electrons. The zero-order valence-corrected chi connectivity index (χ0v) is 15.1. The van der Waals surface area contributed by atoms with Gasteiger partial charge in [0, 0.05) is 5.69 Å². The van der Waals surface area contributed by atoms with Gasteiger partial charge in [-0.15, -0.1) is 0 Å². The second kappa shape index (κ2) is 8.07. The Morgan fingerprint density at radius 2 is 1.89 bits per heavy atom. The van der Waals surface area contributed by atoms with Gasteiger partial charge >= 0.3 is 5.97 Å². The van der Waals surface area contributed by atoms with Gasteiger partial charge in [0.15, 0.2) is 17.6 Å². The number of fused-ring (bicyclic) bond motifs is 1. The number of hydrogen-bond acceptors (Lipinski definition) is 5. The molecule has 0 spiro atoms. The van der Waals surface area contributed by atoms with E-state index in [4.69, 9.17) is 14.2 Å². The topological polar surface area (TPSA) is 73.9 Å². The van der Waals surface area contributed by atoms with Crippen molar-refractivity contribution in [2.75, 3.05) is 18.5 Å². The molecule has 2 aromatic rings. The molecule has 0 aromatic heterocycles. The minimum Gasteiger partial charge on any atom is -0.486 e. The average molecular weight is 373 g/mol. The van der Waals surface area contributed by atoms with Crippen LogP contribution in [0.4, 0.5) is 10.1 Å². The van der Waals surface area contributed by atoms with Crippen molar-refractivity contribution in [2.24, 2.45) is 0 Å². The monoisotopic (exact) mass is 373 g/mol. The highest BCUT2D eigenvalue weighted by Crippen LogP contribution is 2.30. The third-order valence-corrected chi connectivity index (χ3v) is 4.07. The zero-order valence-electron chi connectivity index (χ0n) is 15.1. The number of carbonyl (C=O) groups is 2. The van der Waals surface area contributed by atoms with Crippen molar-refractivity contribution in [1.82, 2.24) is 0 Å². The number of carbonyl (C=O) groups excluding carboxylic acids is 2. The van der Waals surface area contributed by atoms with E-state index in [2.05, 4.69) is 5.32 Å². The van der Waals surface area contributed by atoms with E-state index < -0.39 is 23.8 Å². The number of nitrogens with one attached hydrogen (secondary N) is 1. The van der Waals surface area contributed by atoms with Gasteiger partial charge in [-0.05, 0) is 49.2 Å². The van der Waals surface area contributed by atoms with Crippen molar-refractivity contribution < 1.29 is 28.2 Å². The summed E-state index contributed by atoms with van der Waals surface area (Å²) in [6, 6.07) is 9.56. The first-order chi connectivity index (χ1) is 12.9. The van der Waals surface area contributed by atoms with Gasteiger partial charge in [0.1, 0.15) is 19.0 Å². The lowest BCUT2D eigenvalue weighted by atomic mass is 10.1. The van der Waals surface area contributed by atoms with E-state index in [1.54, 1.807) is 37.3 Å². The number of benzene rings is 2.